The normalized spacial score (nSPS) is 12.5. The fourth-order valence-electron chi connectivity index (χ4n) is 6.55. The molecule has 0 amide bonds. The van der Waals surface area contributed by atoms with Gasteiger partial charge in [-0.15, -0.1) is 0 Å². The number of benzene rings is 6. The largest absolute Gasteiger partial charge is 0.416 e. The maximum atomic E-state index is 14.1. The lowest BCUT2D eigenvalue weighted by atomic mass is 9.96. The summed E-state index contributed by atoms with van der Waals surface area (Å²) in [6.45, 7) is 0. The second kappa shape index (κ2) is 13.1. The van der Waals surface area contributed by atoms with Gasteiger partial charge in [0.05, 0.1) is 27.7 Å². The first-order valence-corrected chi connectivity index (χ1v) is 16.6. The van der Waals surface area contributed by atoms with Crippen LogP contribution in [0.3, 0.4) is 0 Å². The highest BCUT2D eigenvalue weighted by Crippen LogP contribution is 2.42. The third kappa shape index (κ3) is 6.77. The molecule has 0 unspecified atom stereocenters. The molecule has 8 rings (SSSR count). The molecular weight excluding hydrogens is 731 g/mol. The third-order valence-corrected chi connectivity index (χ3v) is 9.12. The summed E-state index contributed by atoms with van der Waals surface area (Å²) in [5.41, 5.74) is -1.35. The Morgan fingerprint density at radius 2 is 0.818 bits per heavy atom. The Morgan fingerprint density at radius 1 is 0.364 bits per heavy atom. The molecule has 6 aromatic carbocycles. The Bertz CT molecular complexity index is 2590. The molecule has 274 valence electrons. The molecule has 0 bridgehead atoms. The fraction of sp³-hybridized carbons (Fsp3) is 0.0714. The van der Waals surface area contributed by atoms with Gasteiger partial charge in [0.1, 0.15) is 0 Å². The van der Waals surface area contributed by atoms with Crippen molar-refractivity contribution in [3.63, 3.8) is 0 Å². The second-order valence-electron chi connectivity index (χ2n) is 12.6. The van der Waals surface area contributed by atoms with Crippen molar-refractivity contribution in [3.8, 4) is 51.0 Å². The van der Waals surface area contributed by atoms with E-state index in [4.69, 9.17) is 9.97 Å². The Labute approximate surface area is 306 Å². The number of fused-ring (bicyclic) bond motifs is 3. The molecule has 0 atom stereocenters. The van der Waals surface area contributed by atoms with Crippen LogP contribution >= 0.6 is 0 Å². The summed E-state index contributed by atoms with van der Waals surface area (Å²) in [4.78, 5) is 14.2. The molecule has 0 aliphatic carbocycles. The van der Waals surface area contributed by atoms with Crippen LogP contribution in [0.25, 0.3) is 72.8 Å². The van der Waals surface area contributed by atoms with Crippen LogP contribution in [0.5, 0.6) is 0 Å². The Hall–Kier alpha value is -6.50. The lowest BCUT2D eigenvalue weighted by Gasteiger charge is -2.17. The van der Waals surface area contributed by atoms with Gasteiger partial charge in [-0.2, -0.15) is 39.5 Å². The molecule has 0 radical (unpaired) electrons. The molecule has 0 aliphatic heterocycles. The summed E-state index contributed by atoms with van der Waals surface area (Å²) < 4.78 is 128. The molecule has 0 aliphatic rings. The van der Waals surface area contributed by atoms with E-state index in [0.29, 0.717) is 11.1 Å². The van der Waals surface area contributed by atoms with Gasteiger partial charge in [0.2, 0.25) is 0 Å². The molecule has 13 heteroatoms. The standard InChI is InChI=1S/C42H23F9N4/c43-40(44,45)27-13-7-12-26(20-27)31-19-16-30(23-34(31)39-53-37(24-8-3-1-4-9-24)52-38(54-39)25-10-5-2-6-11-25)55-35-21-28(41(46,47)48)14-17-32(35)33-18-15-29(22-36(33)55)42(49,50)51/h1-23H. The van der Waals surface area contributed by atoms with Crippen LogP contribution in [0.1, 0.15) is 16.7 Å². The van der Waals surface area contributed by atoms with Crippen LogP contribution in [-0.4, -0.2) is 19.5 Å². The number of hydrogen-bond donors (Lipinski definition) is 0. The van der Waals surface area contributed by atoms with Gasteiger partial charge >= 0.3 is 18.5 Å². The lowest BCUT2D eigenvalue weighted by molar-refractivity contribution is -0.138. The van der Waals surface area contributed by atoms with E-state index < -0.39 is 35.2 Å². The number of halogens is 9. The zero-order valence-corrected chi connectivity index (χ0v) is 28.0. The molecular formula is C42H23F9N4. The van der Waals surface area contributed by atoms with Crippen molar-refractivity contribution < 1.29 is 39.5 Å². The van der Waals surface area contributed by atoms with Gasteiger partial charge < -0.3 is 4.57 Å². The van der Waals surface area contributed by atoms with Crippen LogP contribution in [0.2, 0.25) is 0 Å². The highest BCUT2D eigenvalue weighted by Gasteiger charge is 2.34. The van der Waals surface area contributed by atoms with Gasteiger partial charge in [-0.1, -0.05) is 91.0 Å². The Balaban J connectivity index is 1.46. The van der Waals surface area contributed by atoms with Crippen LogP contribution in [0, 0.1) is 0 Å². The van der Waals surface area contributed by atoms with Crippen molar-refractivity contribution in [2.24, 2.45) is 0 Å². The topological polar surface area (TPSA) is 43.6 Å². The molecule has 0 fully saturated rings. The van der Waals surface area contributed by atoms with Crippen molar-refractivity contribution in [2.45, 2.75) is 18.5 Å². The van der Waals surface area contributed by atoms with Gasteiger partial charge in [0, 0.05) is 33.2 Å². The quantitative estimate of drug-likeness (QED) is 0.164. The molecule has 0 N–H and O–H groups in total. The summed E-state index contributed by atoms with van der Waals surface area (Å²) in [6, 6.07) is 32.4. The zero-order chi connectivity index (χ0) is 38.7. The first-order valence-electron chi connectivity index (χ1n) is 16.6. The second-order valence-corrected chi connectivity index (χ2v) is 12.6. The Kier molecular flexibility index (Phi) is 8.47. The first-order chi connectivity index (χ1) is 26.1. The zero-order valence-electron chi connectivity index (χ0n) is 28.0. The van der Waals surface area contributed by atoms with Crippen molar-refractivity contribution in [1.82, 2.24) is 19.5 Å². The lowest BCUT2D eigenvalue weighted by Crippen LogP contribution is -2.06. The van der Waals surface area contributed by atoms with E-state index in [9.17, 15) is 39.5 Å². The van der Waals surface area contributed by atoms with E-state index in [2.05, 4.69) is 4.98 Å². The highest BCUT2D eigenvalue weighted by molar-refractivity contribution is 6.10. The number of nitrogens with zero attached hydrogens (tertiary/aromatic N) is 4. The van der Waals surface area contributed by atoms with Gasteiger partial charge in [-0.25, -0.2) is 15.0 Å². The van der Waals surface area contributed by atoms with Gasteiger partial charge in [0.25, 0.3) is 0 Å². The summed E-state index contributed by atoms with van der Waals surface area (Å²) in [6.07, 6.45) is -14.3. The van der Waals surface area contributed by atoms with E-state index in [0.717, 1.165) is 36.4 Å². The van der Waals surface area contributed by atoms with Gasteiger partial charge in [-0.3, -0.25) is 0 Å². The molecule has 2 aromatic heterocycles. The number of alkyl halides is 9. The molecule has 8 aromatic rings. The minimum Gasteiger partial charge on any atom is -0.309 e. The van der Waals surface area contributed by atoms with Crippen LogP contribution in [0.15, 0.2) is 140 Å². The number of aromatic nitrogens is 4. The number of hydrogen-bond acceptors (Lipinski definition) is 3. The Morgan fingerprint density at radius 3 is 1.31 bits per heavy atom. The van der Waals surface area contributed by atoms with Crippen molar-refractivity contribution >= 4 is 21.8 Å². The van der Waals surface area contributed by atoms with E-state index >= 15 is 0 Å². The van der Waals surface area contributed by atoms with Crippen LogP contribution < -0.4 is 0 Å². The fourth-order valence-corrected chi connectivity index (χ4v) is 6.55. The third-order valence-electron chi connectivity index (χ3n) is 9.12. The van der Waals surface area contributed by atoms with Crippen molar-refractivity contribution in [3.05, 3.63) is 156 Å². The molecule has 55 heavy (non-hydrogen) atoms. The summed E-state index contributed by atoms with van der Waals surface area (Å²) in [5, 5.41) is 0.497. The minimum absolute atomic E-state index is 0.00491. The van der Waals surface area contributed by atoms with E-state index in [-0.39, 0.29) is 61.7 Å². The van der Waals surface area contributed by atoms with Crippen molar-refractivity contribution in [2.75, 3.05) is 0 Å². The molecule has 2 heterocycles. The maximum absolute atomic E-state index is 14.1. The van der Waals surface area contributed by atoms with E-state index in [1.807, 2.05) is 0 Å². The smallest absolute Gasteiger partial charge is 0.309 e. The summed E-state index contributed by atoms with van der Waals surface area (Å²) in [5.74, 6) is 0.424. The number of rotatable bonds is 5. The first kappa shape index (κ1) is 35.5. The average Bonchev–Trinajstić information content (AvgIpc) is 3.50. The van der Waals surface area contributed by atoms with Gasteiger partial charge in [0.15, 0.2) is 17.5 Å². The highest BCUT2D eigenvalue weighted by atomic mass is 19.4. The van der Waals surface area contributed by atoms with E-state index in [1.54, 1.807) is 60.7 Å². The molecule has 0 saturated carbocycles. The maximum Gasteiger partial charge on any atom is 0.416 e. The summed E-state index contributed by atoms with van der Waals surface area (Å²) >= 11 is 0. The molecule has 0 saturated heterocycles. The van der Waals surface area contributed by atoms with Gasteiger partial charge in [-0.05, 0) is 59.7 Å². The minimum atomic E-state index is -4.78. The predicted octanol–water partition coefficient (Wildman–Crippen LogP) is 12.7. The average molecular weight is 755 g/mol. The molecule has 4 nitrogen and oxygen atoms in total. The monoisotopic (exact) mass is 754 g/mol. The van der Waals surface area contributed by atoms with Crippen LogP contribution in [0.4, 0.5) is 39.5 Å². The van der Waals surface area contributed by atoms with Crippen LogP contribution in [-0.2, 0) is 18.5 Å². The summed E-state index contributed by atoms with van der Waals surface area (Å²) in [7, 11) is 0. The van der Waals surface area contributed by atoms with Crippen molar-refractivity contribution in [1.29, 1.82) is 0 Å². The predicted molar refractivity (Wildman–Crippen MR) is 191 cm³/mol. The SMILES string of the molecule is FC(F)(F)c1cccc(-c2ccc(-n3c4cc(C(F)(F)F)ccc4c4ccc(C(F)(F)F)cc43)cc2-c2nc(-c3ccccc3)nc(-c3ccccc3)n2)c1. The van der Waals surface area contributed by atoms with E-state index in [1.165, 1.54) is 47.0 Å². The molecule has 0 spiro atoms.